The molecule has 0 aromatic carbocycles. The van der Waals surface area contributed by atoms with E-state index in [-0.39, 0.29) is 11.9 Å². The van der Waals surface area contributed by atoms with Crippen molar-refractivity contribution in [2.45, 2.75) is 19.9 Å². The first-order valence-electron chi connectivity index (χ1n) is 6.91. The quantitative estimate of drug-likeness (QED) is 0.812. The molecule has 0 spiro atoms. The van der Waals surface area contributed by atoms with Gasteiger partial charge in [-0.2, -0.15) is 0 Å². The molecular formula is C14H19N3O3S. The first-order chi connectivity index (χ1) is 9.99. The molecule has 1 aliphatic rings. The molecule has 0 atom stereocenters. The summed E-state index contributed by atoms with van der Waals surface area (Å²) in [5.74, 6) is -1.11. The molecule has 1 saturated heterocycles. The summed E-state index contributed by atoms with van der Waals surface area (Å²) in [6.45, 7) is 5.31. The van der Waals surface area contributed by atoms with Crippen LogP contribution >= 0.6 is 11.3 Å². The van der Waals surface area contributed by atoms with Crippen LogP contribution in [0.2, 0.25) is 0 Å². The Labute approximate surface area is 127 Å². The van der Waals surface area contributed by atoms with E-state index in [0.29, 0.717) is 31.1 Å². The lowest BCUT2D eigenvalue weighted by Crippen LogP contribution is -2.54. The topological polar surface area (TPSA) is 69.7 Å². The van der Waals surface area contributed by atoms with Gasteiger partial charge in [0.15, 0.2) is 0 Å². The fraction of sp³-hybridized carbons (Fsp3) is 0.500. The minimum absolute atomic E-state index is 0.0104. The third-order valence-electron chi connectivity index (χ3n) is 3.20. The predicted octanol–water partition coefficient (Wildman–Crippen LogP) is 0.557. The first-order valence-corrected chi connectivity index (χ1v) is 7.79. The Morgan fingerprint density at radius 1 is 1.14 bits per heavy atom. The standard InChI is InChI=1S/C14H19N3O3S/c1-10(2)15-12(18)14(20)17-7-5-16(6-8-17)13(19)11-4-3-9-21-11/h3-4,9-10H,5-8H2,1-2H3,(H,15,18). The molecule has 1 fully saturated rings. The summed E-state index contributed by atoms with van der Waals surface area (Å²) in [5, 5.41) is 4.45. The van der Waals surface area contributed by atoms with Gasteiger partial charge in [-0.05, 0) is 25.3 Å². The van der Waals surface area contributed by atoms with E-state index in [2.05, 4.69) is 5.32 Å². The van der Waals surface area contributed by atoms with Gasteiger partial charge in [0, 0.05) is 32.2 Å². The van der Waals surface area contributed by atoms with Crippen LogP contribution in [-0.2, 0) is 9.59 Å². The van der Waals surface area contributed by atoms with Crippen LogP contribution < -0.4 is 5.32 Å². The SMILES string of the molecule is CC(C)NC(=O)C(=O)N1CCN(C(=O)c2cccs2)CC1. The van der Waals surface area contributed by atoms with Gasteiger partial charge >= 0.3 is 11.8 Å². The van der Waals surface area contributed by atoms with Crippen molar-refractivity contribution in [2.24, 2.45) is 0 Å². The molecule has 1 N–H and O–H groups in total. The highest BCUT2D eigenvalue weighted by molar-refractivity contribution is 7.12. The number of carbonyl (C=O) groups excluding carboxylic acids is 3. The third-order valence-corrected chi connectivity index (χ3v) is 4.06. The van der Waals surface area contributed by atoms with Gasteiger partial charge in [-0.3, -0.25) is 14.4 Å². The average Bonchev–Trinajstić information content (AvgIpc) is 2.99. The van der Waals surface area contributed by atoms with Gasteiger partial charge in [-0.1, -0.05) is 6.07 Å². The van der Waals surface area contributed by atoms with Crippen molar-refractivity contribution >= 4 is 29.1 Å². The number of nitrogens with one attached hydrogen (secondary N) is 1. The Balaban J connectivity index is 1.87. The van der Waals surface area contributed by atoms with E-state index in [1.165, 1.54) is 16.2 Å². The Morgan fingerprint density at radius 3 is 2.29 bits per heavy atom. The highest BCUT2D eigenvalue weighted by Gasteiger charge is 2.28. The van der Waals surface area contributed by atoms with Gasteiger partial charge in [-0.25, -0.2) is 0 Å². The fourth-order valence-electron chi connectivity index (χ4n) is 2.14. The Morgan fingerprint density at radius 2 is 1.76 bits per heavy atom. The van der Waals surface area contributed by atoms with Crippen LogP contribution in [0.25, 0.3) is 0 Å². The molecule has 3 amide bonds. The number of thiophene rings is 1. The van der Waals surface area contributed by atoms with Crippen LogP contribution in [0.15, 0.2) is 17.5 Å². The summed E-state index contributed by atoms with van der Waals surface area (Å²) in [6.07, 6.45) is 0. The zero-order valence-corrected chi connectivity index (χ0v) is 13.0. The van der Waals surface area contributed by atoms with Crippen LogP contribution in [0.4, 0.5) is 0 Å². The van der Waals surface area contributed by atoms with Crippen molar-refractivity contribution in [3.05, 3.63) is 22.4 Å². The number of nitrogens with zero attached hydrogens (tertiary/aromatic N) is 2. The minimum Gasteiger partial charge on any atom is -0.346 e. The zero-order valence-electron chi connectivity index (χ0n) is 12.2. The summed E-state index contributed by atoms with van der Waals surface area (Å²) in [6, 6.07) is 3.57. The monoisotopic (exact) mass is 309 g/mol. The van der Waals surface area contributed by atoms with Crippen LogP contribution in [0.3, 0.4) is 0 Å². The second-order valence-electron chi connectivity index (χ2n) is 5.19. The van der Waals surface area contributed by atoms with Crippen LogP contribution in [0.5, 0.6) is 0 Å². The lowest BCUT2D eigenvalue weighted by molar-refractivity contribution is -0.147. The minimum atomic E-state index is -0.581. The molecule has 0 radical (unpaired) electrons. The van der Waals surface area contributed by atoms with Gasteiger partial charge < -0.3 is 15.1 Å². The molecule has 21 heavy (non-hydrogen) atoms. The maximum absolute atomic E-state index is 12.2. The predicted molar refractivity (Wildman–Crippen MR) is 80.1 cm³/mol. The lowest BCUT2D eigenvalue weighted by Gasteiger charge is -2.34. The summed E-state index contributed by atoms with van der Waals surface area (Å²) in [5.41, 5.74) is 0. The first kappa shape index (κ1) is 15.5. The Bertz CT molecular complexity index is 520. The molecule has 0 saturated carbocycles. The second kappa shape index (κ2) is 6.71. The van der Waals surface area contributed by atoms with E-state index in [4.69, 9.17) is 0 Å². The molecule has 7 heteroatoms. The van der Waals surface area contributed by atoms with Gasteiger partial charge in [-0.15, -0.1) is 11.3 Å². The largest absolute Gasteiger partial charge is 0.346 e. The van der Waals surface area contributed by atoms with Crippen molar-refractivity contribution in [2.75, 3.05) is 26.2 Å². The van der Waals surface area contributed by atoms with Crippen molar-refractivity contribution in [3.8, 4) is 0 Å². The van der Waals surface area contributed by atoms with E-state index in [1.54, 1.807) is 11.0 Å². The molecule has 1 aromatic rings. The van der Waals surface area contributed by atoms with Crippen molar-refractivity contribution in [3.63, 3.8) is 0 Å². The van der Waals surface area contributed by atoms with Crippen LogP contribution in [-0.4, -0.2) is 59.7 Å². The van der Waals surface area contributed by atoms with E-state index in [0.717, 1.165) is 0 Å². The van der Waals surface area contributed by atoms with Crippen molar-refractivity contribution in [1.82, 2.24) is 15.1 Å². The van der Waals surface area contributed by atoms with Gasteiger partial charge in [0.1, 0.15) is 0 Å². The fourth-order valence-corrected chi connectivity index (χ4v) is 2.83. The van der Waals surface area contributed by atoms with Crippen LogP contribution in [0.1, 0.15) is 23.5 Å². The number of rotatable bonds is 2. The van der Waals surface area contributed by atoms with E-state index in [9.17, 15) is 14.4 Å². The van der Waals surface area contributed by atoms with Gasteiger partial charge in [0.05, 0.1) is 4.88 Å². The highest BCUT2D eigenvalue weighted by Crippen LogP contribution is 2.13. The number of hydrogen-bond acceptors (Lipinski definition) is 4. The second-order valence-corrected chi connectivity index (χ2v) is 6.14. The maximum Gasteiger partial charge on any atom is 0.312 e. The number of amides is 3. The van der Waals surface area contributed by atoms with E-state index in [1.807, 2.05) is 25.3 Å². The summed E-state index contributed by atoms with van der Waals surface area (Å²) in [7, 11) is 0. The third kappa shape index (κ3) is 3.81. The normalized spacial score (nSPS) is 15.2. The molecule has 2 rings (SSSR count). The van der Waals surface area contributed by atoms with Crippen molar-refractivity contribution in [1.29, 1.82) is 0 Å². The maximum atomic E-state index is 12.2. The highest BCUT2D eigenvalue weighted by atomic mass is 32.1. The van der Waals surface area contributed by atoms with Crippen molar-refractivity contribution < 1.29 is 14.4 Å². The van der Waals surface area contributed by atoms with Gasteiger partial charge in [0.2, 0.25) is 0 Å². The molecule has 6 nitrogen and oxygen atoms in total. The molecule has 0 aliphatic carbocycles. The van der Waals surface area contributed by atoms with E-state index < -0.39 is 11.8 Å². The molecule has 0 bridgehead atoms. The molecule has 114 valence electrons. The van der Waals surface area contributed by atoms with Gasteiger partial charge in [0.25, 0.3) is 5.91 Å². The summed E-state index contributed by atoms with van der Waals surface area (Å²) in [4.78, 5) is 39.7. The summed E-state index contributed by atoms with van der Waals surface area (Å²) < 4.78 is 0. The molecule has 0 unspecified atom stereocenters. The Hall–Kier alpha value is -1.89. The average molecular weight is 309 g/mol. The number of hydrogen-bond donors (Lipinski definition) is 1. The zero-order chi connectivity index (χ0) is 15.4. The molecular weight excluding hydrogens is 290 g/mol. The lowest BCUT2D eigenvalue weighted by atomic mass is 10.2. The molecule has 1 aromatic heterocycles. The van der Waals surface area contributed by atoms with Crippen LogP contribution in [0, 0.1) is 0 Å². The Kier molecular flexibility index (Phi) is 4.95. The smallest absolute Gasteiger partial charge is 0.312 e. The summed E-state index contributed by atoms with van der Waals surface area (Å²) >= 11 is 1.41. The number of carbonyl (C=O) groups is 3. The molecule has 1 aliphatic heterocycles. The van der Waals surface area contributed by atoms with E-state index >= 15 is 0 Å². The molecule has 2 heterocycles. The number of piperazine rings is 1.